The molecule has 1 saturated heterocycles. The number of carbonyl (C=O) groups excluding carboxylic acids is 2. The Hall–Kier alpha value is -3.36. The van der Waals surface area contributed by atoms with Crippen LogP contribution in [0, 0.1) is 0 Å². The zero-order valence-corrected chi connectivity index (χ0v) is 18.7. The van der Waals surface area contributed by atoms with Crippen molar-refractivity contribution in [1.82, 2.24) is 9.88 Å². The van der Waals surface area contributed by atoms with E-state index in [4.69, 9.17) is 23.2 Å². The Morgan fingerprint density at radius 2 is 1.71 bits per heavy atom. The summed E-state index contributed by atoms with van der Waals surface area (Å²) in [6.07, 6.45) is -1.68. The second-order valence-electron chi connectivity index (χ2n) is 7.53. The number of rotatable bonds is 4. The Labute approximate surface area is 202 Å². The van der Waals surface area contributed by atoms with Gasteiger partial charge in [-0.2, -0.15) is 13.2 Å². The summed E-state index contributed by atoms with van der Waals surface area (Å²) in [6.45, 7) is -0.292. The topological polar surface area (TPSA) is 70.5 Å². The summed E-state index contributed by atoms with van der Waals surface area (Å²) < 4.78 is 39.5. The SMILES string of the molecule is O=C1C(=O)N(Cc2cccc(C(F)(F)F)c2)C(c2ccncc2)/C1=C(\O)c1ccc(Cl)c(Cl)c1. The molecule has 0 aliphatic carbocycles. The van der Waals surface area contributed by atoms with Crippen LogP contribution in [0.5, 0.6) is 0 Å². The molecule has 10 heteroatoms. The van der Waals surface area contributed by atoms with Gasteiger partial charge in [-0.05, 0) is 53.6 Å². The van der Waals surface area contributed by atoms with Crippen molar-refractivity contribution in [3.8, 4) is 0 Å². The molecule has 2 heterocycles. The highest BCUT2D eigenvalue weighted by Gasteiger charge is 2.46. The Kier molecular flexibility index (Phi) is 6.38. The van der Waals surface area contributed by atoms with Crippen LogP contribution in [0.25, 0.3) is 5.76 Å². The minimum atomic E-state index is -4.57. The molecule has 0 bridgehead atoms. The van der Waals surface area contributed by atoms with Crippen LogP contribution < -0.4 is 0 Å². The van der Waals surface area contributed by atoms with E-state index in [2.05, 4.69) is 4.98 Å². The number of aliphatic hydroxyl groups is 1. The Morgan fingerprint density at radius 3 is 2.35 bits per heavy atom. The van der Waals surface area contributed by atoms with Gasteiger partial charge < -0.3 is 10.0 Å². The maximum absolute atomic E-state index is 13.2. The molecule has 1 aliphatic heterocycles. The minimum absolute atomic E-state index is 0.129. The van der Waals surface area contributed by atoms with Gasteiger partial charge in [0.1, 0.15) is 5.76 Å². The predicted octanol–water partition coefficient (Wildman–Crippen LogP) is 6.03. The van der Waals surface area contributed by atoms with Gasteiger partial charge in [0, 0.05) is 24.5 Å². The van der Waals surface area contributed by atoms with Gasteiger partial charge in [0.2, 0.25) is 0 Å². The number of Topliss-reactive ketones (excluding diaryl/α,β-unsaturated/α-hetero) is 1. The Balaban J connectivity index is 1.83. The number of carbonyl (C=O) groups is 2. The van der Waals surface area contributed by atoms with Crippen molar-refractivity contribution in [3.63, 3.8) is 0 Å². The predicted molar refractivity (Wildman–Crippen MR) is 120 cm³/mol. The summed E-state index contributed by atoms with van der Waals surface area (Å²) >= 11 is 12.0. The number of hydrogen-bond donors (Lipinski definition) is 1. The number of halogens is 5. The monoisotopic (exact) mass is 506 g/mol. The van der Waals surface area contributed by atoms with Crippen molar-refractivity contribution in [1.29, 1.82) is 0 Å². The highest BCUT2D eigenvalue weighted by molar-refractivity contribution is 6.46. The van der Waals surface area contributed by atoms with Crippen LogP contribution in [0.2, 0.25) is 10.0 Å². The first-order chi connectivity index (χ1) is 16.1. The van der Waals surface area contributed by atoms with Gasteiger partial charge in [-0.1, -0.05) is 35.3 Å². The number of benzene rings is 2. The van der Waals surface area contributed by atoms with Crippen LogP contribution in [0.15, 0.2) is 72.6 Å². The van der Waals surface area contributed by atoms with Gasteiger partial charge in [0.05, 0.1) is 27.2 Å². The van der Waals surface area contributed by atoms with E-state index in [0.717, 1.165) is 17.0 Å². The van der Waals surface area contributed by atoms with Crippen molar-refractivity contribution in [2.75, 3.05) is 0 Å². The molecular formula is C24H15Cl2F3N2O3. The zero-order chi connectivity index (χ0) is 24.6. The number of ketones is 1. The van der Waals surface area contributed by atoms with Crippen molar-refractivity contribution >= 4 is 40.7 Å². The molecule has 1 unspecified atom stereocenters. The van der Waals surface area contributed by atoms with Gasteiger partial charge >= 0.3 is 6.18 Å². The van der Waals surface area contributed by atoms with Crippen molar-refractivity contribution in [3.05, 3.63) is 105 Å². The number of aromatic nitrogens is 1. The van der Waals surface area contributed by atoms with Crippen LogP contribution in [-0.4, -0.2) is 26.7 Å². The lowest BCUT2D eigenvalue weighted by Gasteiger charge is -2.25. The molecule has 174 valence electrons. The van der Waals surface area contributed by atoms with Crippen LogP contribution >= 0.6 is 23.2 Å². The molecule has 5 nitrogen and oxygen atoms in total. The lowest BCUT2D eigenvalue weighted by atomic mass is 9.95. The fourth-order valence-electron chi connectivity index (χ4n) is 3.78. The number of hydrogen-bond acceptors (Lipinski definition) is 4. The van der Waals surface area contributed by atoms with Crippen LogP contribution in [0.4, 0.5) is 13.2 Å². The van der Waals surface area contributed by atoms with Crippen molar-refractivity contribution < 1.29 is 27.9 Å². The number of nitrogens with zero attached hydrogens (tertiary/aromatic N) is 2. The van der Waals surface area contributed by atoms with E-state index in [1.54, 1.807) is 12.1 Å². The van der Waals surface area contributed by atoms with E-state index in [-0.39, 0.29) is 33.3 Å². The van der Waals surface area contributed by atoms with Crippen molar-refractivity contribution in [2.45, 2.75) is 18.8 Å². The number of pyridine rings is 1. The average Bonchev–Trinajstić information content (AvgIpc) is 3.05. The molecule has 0 saturated carbocycles. The summed E-state index contributed by atoms with van der Waals surface area (Å²) in [6, 6.07) is 10.8. The molecule has 2 aromatic carbocycles. The van der Waals surface area contributed by atoms with Crippen LogP contribution in [0.3, 0.4) is 0 Å². The van der Waals surface area contributed by atoms with E-state index < -0.39 is 35.2 Å². The molecule has 1 atom stereocenters. The third kappa shape index (κ3) is 4.51. The number of alkyl halides is 3. The molecule has 0 radical (unpaired) electrons. The van der Waals surface area contributed by atoms with E-state index in [1.165, 1.54) is 42.7 Å². The molecule has 1 amide bonds. The third-order valence-electron chi connectivity index (χ3n) is 5.36. The highest BCUT2D eigenvalue weighted by Crippen LogP contribution is 2.41. The van der Waals surface area contributed by atoms with Crippen LogP contribution in [-0.2, 0) is 22.3 Å². The van der Waals surface area contributed by atoms with Crippen LogP contribution in [0.1, 0.15) is 28.3 Å². The first-order valence-corrected chi connectivity index (χ1v) is 10.6. The number of aliphatic hydroxyl groups excluding tert-OH is 1. The van der Waals surface area contributed by atoms with Crippen molar-refractivity contribution in [2.24, 2.45) is 0 Å². The first kappa shape index (κ1) is 23.8. The minimum Gasteiger partial charge on any atom is -0.507 e. The van der Waals surface area contributed by atoms with Gasteiger partial charge in [0.25, 0.3) is 11.7 Å². The summed E-state index contributed by atoms with van der Waals surface area (Å²) in [7, 11) is 0. The molecule has 4 rings (SSSR count). The fourth-order valence-corrected chi connectivity index (χ4v) is 4.08. The summed E-state index contributed by atoms with van der Waals surface area (Å²) in [5.41, 5.74) is -0.321. The molecule has 1 aliphatic rings. The normalized spacial score (nSPS) is 17.9. The molecule has 1 fully saturated rings. The number of amides is 1. The Bertz CT molecular complexity index is 1310. The molecule has 3 aromatic rings. The van der Waals surface area contributed by atoms with E-state index in [1.807, 2.05) is 0 Å². The van der Waals surface area contributed by atoms with E-state index in [0.29, 0.717) is 5.56 Å². The largest absolute Gasteiger partial charge is 0.507 e. The summed E-state index contributed by atoms with van der Waals surface area (Å²) in [4.78, 5) is 31.1. The quantitative estimate of drug-likeness (QED) is 0.266. The van der Waals surface area contributed by atoms with E-state index in [9.17, 15) is 27.9 Å². The summed E-state index contributed by atoms with van der Waals surface area (Å²) in [5, 5.41) is 11.4. The van der Waals surface area contributed by atoms with E-state index >= 15 is 0 Å². The third-order valence-corrected chi connectivity index (χ3v) is 6.10. The Morgan fingerprint density at radius 1 is 1.00 bits per heavy atom. The van der Waals surface area contributed by atoms with Gasteiger partial charge in [-0.25, -0.2) is 0 Å². The lowest BCUT2D eigenvalue weighted by Crippen LogP contribution is -2.29. The number of likely N-dealkylation sites (tertiary alicyclic amines) is 1. The molecular weight excluding hydrogens is 492 g/mol. The second-order valence-corrected chi connectivity index (χ2v) is 8.35. The maximum Gasteiger partial charge on any atom is 0.416 e. The maximum atomic E-state index is 13.2. The first-order valence-electron chi connectivity index (χ1n) is 9.88. The highest BCUT2D eigenvalue weighted by atomic mass is 35.5. The van der Waals surface area contributed by atoms with Gasteiger partial charge in [-0.15, -0.1) is 0 Å². The molecule has 34 heavy (non-hydrogen) atoms. The summed E-state index contributed by atoms with van der Waals surface area (Å²) in [5.74, 6) is -2.41. The van der Waals surface area contributed by atoms with Gasteiger partial charge in [-0.3, -0.25) is 14.6 Å². The fraction of sp³-hybridized carbons (Fsp3) is 0.125. The molecule has 1 aromatic heterocycles. The molecule has 0 spiro atoms. The second kappa shape index (κ2) is 9.12. The standard InChI is InChI=1S/C24H15Cl2F3N2O3/c25-17-5-4-15(11-18(17)26)21(32)19-20(14-6-8-30-9-7-14)31(23(34)22(19)33)12-13-2-1-3-16(10-13)24(27,28)29/h1-11,20,32H,12H2/b21-19+. The molecule has 1 N–H and O–H groups in total. The lowest BCUT2D eigenvalue weighted by molar-refractivity contribution is -0.140. The smallest absolute Gasteiger partial charge is 0.416 e. The zero-order valence-electron chi connectivity index (χ0n) is 17.2. The van der Waals surface area contributed by atoms with Gasteiger partial charge in [0.15, 0.2) is 0 Å². The average molecular weight is 507 g/mol.